The van der Waals surface area contributed by atoms with Crippen molar-refractivity contribution in [3.63, 3.8) is 0 Å². The first kappa shape index (κ1) is 15.0. The molecular formula is C13H8BrFN6O2. The molecule has 2 heterocycles. The lowest BCUT2D eigenvalue weighted by atomic mass is 10.3. The molecule has 1 aromatic carbocycles. The monoisotopic (exact) mass is 378 g/mol. The number of hydrogen-bond acceptors (Lipinski definition) is 6. The number of nitrogens with zero attached hydrogens (tertiary/aromatic N) is 5. The third kappa shape index (κ3) is 3.01. The first-order valence-electron chi connectivity index (χ1n) is 6.26. The Balaban J connectivity index is 2.09. The van der Waals surface area contributed by atoms with Crippen LogP contribution < -0.4 is 5.32 Å². The van der Waals surface area contributed by atoms with E-state index in [1.165, 1.54) is 35.4 Å². The van der Waals surface area contributed by atoms with Crippen molar-refractivity contribution >= 4 is 33.1 Å². The van der Waals surface area contributed by atoms with E-state index < -0.39 is 10.7 Å². The Kier molecular flexibility index (Phi) is 3.98. The third-order valence-corrected chi connectivity index (χ3v) is 3.41. The van der Waals surface area contributed by atoms with Crippen LogP contribution in [0, 0.1) is 15.9 Å². The number of aromatic nitrogens is 4. The molecule has 0 atom stereocenters. The second kappa shape index (κ2) is 6.08. The summed E-state index contributed by atoms with van der Waals surface area (Å²) in [7, 11) is 0. The SMILES string of the molecule is O=[N+]([O-])c1c(Nc2ccc(Br)cc2F)ncnc1-n1ccnc1. The van der Waals surface area contributed by atoms with Crippen LogP contribution in [0.15, 0.2) is 47.7 Å². The molecule has 0 saturated heterocycles. The highest BCUT2D eigenvalue weighted by Crippen LogP contribution is 2.31. The fraction of sp³-hybridized carbons (Fsp3) is 0. The van der Waals surface area contributed by atoms with Gasteiger partial charge < -0.3 is 5.32 Å². The maximum absolute atomic E-state index is 13.9. The average molecular weight is 379 g/mol. The van der Waals surface area contributed by atoms with E-state index >= 15 is 0 Å². The van der Waals surface area contributed by atoms with Crippen LogP contribution in [0.2, 0.25) is 0 Å². The van der Waals surface area contributed by atoms with E-state index in [1.54, 1.807) is 6.07 Å². The van der Waals surface area contributed by atoms with Crippen molar-refractivity contribution in [2.75, 3.05) is 5.32 Å². The summed E-state index contributed by atoms with van der Waals surface area (Å²) in [6.45, 7) is 0. The highest BCUT2D eigenvalue weighted by molar-refractivity contribution is 9.10. The van der Waals surface area contributed by atoms with Gasteiger partial charge in [-0.05, 0) is 18.2 Å². The van der Waals surface area contributed by atoms with Gasteiger partial charge in [0.1, 0.15) is 18.5 Å². The number of rotatable bonds is 4. The van der Waals surface area contributed by atoms with Crippen LogP contribution in [0.4, 0.5) is 21.6 Å². The minimum absolute atomic E-state index is 0.0301. The highest BCUT2D eigenvalue weighted by atomic mass is 79.9. The van der Waals surface area contributed by atoms with Gasteiger partial charge in [0.05, 0.1) is 10.6 Å². The van der Waals surface area contributed by atoms with Crippen LogP contribution in [-0.2, 0) is 0 Å². The largest absolute Gasteiger partial charge is 0.354 e. The molecule has 0 spiro atoms. The Morgan fingerprint density at radius 3 is 2.83 bits per heavy atom. The van der Waals surface area contributed by atoms with Crippen molar-refractivity contribution in [2.24, 2.45) is 0 Å². The van der Waals surface area contributed by atoms with Gasteiger partial charge in [-0.25, -0.2) is 19.3 Å². The van der Waals surface area contributed by atoms with Gasteiger partial charge in [-0.3, -0.25) is 14.7 Å². The first-order valence-corrected chi connectivity index (χ1v) is 7.05. The molecule has 3 rings (SSSR count). The fourth-order valence-corrected chi connectivity index (χ4v) is 2.25. The van der Waals surface area contributed by atoms with Crippen LogP contribution in [-0.4, -0.2) is 24.4 Å². The standard InChI is InChI=1S/C13H8BrFN6O2/c14-8-1-2-10(9(15)5-8)19-12-11(21(22)23)13(18-6-17-12)20-4-3-16-7-20/h1-7H,(H,17,18,19). The molecule has 0 aliphatic carbocycles. The lowest BCUT2D eigenvalue weighted by Gasteiger charge is -2.09. The molecule has 0 aliphatic rings. The summed E-state index contributed by atoms with van der Waals surface area (Å²) in [5, 5.41) is 14.0. The molecule has 8 nitrogen and oxygen atoms in total. The minimum atomic E-state index is -0.631. The zero-order valence-electron chi connectivity index (χ0n) is 11.3. The lowest BCUT2D eigenvalue weighted by molar-refractivity contribution is -0.384. The summed E-state index contributed by atoms with van der Waals surface area (Å²) in [6, 6.07) is 4.30. The molecule has 0 amide bonds. The maximum atomic E-state index is 13.9. The van der Waals surface area contributed by atoms with E-state index in [-0.39, 0.29) is 23.0 Å². The van der Waals surface area contributed by atoms with Crippen LogP contribution in [0.3, 0.4) is 0 Å². The smallest absolute Gasteiger partial charge is 0.332 e. The van der Waals surface area contributed by atoms with Crippen molar-refractivity contribution < 1.29 is 9.31 Å². The fourth-order valence-electron chi connectivity index (χ4n) is 1.92. The molecule has 0 unspecified atom stereocenters. The van der Waals surface area contributed by atoms with Crippen molar-refractivity contribution in [2.45, 2.75) is 0 Å². The molecule has 0 fully saturated rings. The Morgan fingerprint density at radius 1 is 1.35 bits per heavy atom. The number of imidazole rings is 1. The predicted molar refractivity (Wildman–Crippen MR) is 83.2 cm³/mol. The summed E-state index contributed by atoms with van der Waals surface area (Å²) in [6.07, 6.45) is 5.51. The highest BCUT2D eigenvalue weighted by Gasteiger charge is 2.24. The van der Waals surface area contributed by atoms with Gasteiger partial charge in [-0.1, -0.05) is 15.9 Å². The molecule has 1 N–H and O–H groups in total. The van der Waals surface area contributed by atoms with Gasteiger partial charge in [0, 0.05) is 16.9 Å². The molecule has 0 aliphatic heterocycles. The predicted octanol–water partition coefficient (Wildman–Crippen LogP) is 3.22. The summed E-state index contributed by atoms with van der Waals surface area (Å²) >= 11 is 3.15. The molecule has 0 saturated carbocycles. The van der Waals surface area contributed by atoms with E-state index in [1.807, 2.05) is 0 Å². The molecule has 0 bridgehead atoms. The van der Waals surface area contributed by atoms with Crippen LogP contribution >= 0.6 is 15.9 Å². The Morgan fingerprint density at radius 2 is 2.17 bits per heavy atom. The summed E-state index contributed by atoms with van der Waals surface area (Å²) < 4.78 is 15.9. The van der Waals surface area contributed by atoms with E-state index in [9.17, 15) is 14.5 Å². The molecule has 23 heavy (non-hydrogen) atoms. The van der Waals surface area contributed by atoms with Crippen LogP contribution in [0.25, 0.3) is 5.82 Å². The summed E-state index contributed by atoms with van der Waals surface area (Å²) in [5.41, 5.74) is -0.320. The maximum Gasteiger partial charge on any atom is 0.354 e. The van der Waals surface area contributed by atoms with Crippen molar-refractivity contribution in [1.29, 1.82) is 0 Å². The molecule has 10 heteroatoms. The zero-order valence-corrected chi connectivity index (χ0v) is 12.9. The van der Waals surface area contributed by atoms with Gasteiger partial charge >= 0.3 is 5.69 Å². The molecule has 2 aromatic heterocycles. The zero-order chi connectivity index (χ0) is 16.4. The molecule has 116 valence electrons. The van der Waals surface area contributed by atoms with E-state index in [2.05, 4.69) is 36.2 Å². The van der Waals surface area contributed by atoms with Gasteiger partial charge in [-0.15, -0.1) is 0 Å². The Bertz CT molecular complexity index is 871. The Hall–Kier alpha value is -2.88. The molecular weight excluding hydrogens is 371 g/mol. The van der Waals surface area contributed by atoms with Crippen molar-refractivity contribution in [1.82, 2.24) is 19.5 Å². The number of benzene rings is 1. The minimum Gasteiger partial charge on any atom is -0.332 e. The second-order valence-corrected chi connectivity index (χ2v) is 5.29. The number of nitrogens with one attached hydrogen (secondary N) is 1. The molecule has 3 aromatic rings. The van der Waals surface area contributed by atoms with Crippen LogP contribution in [0.1, 0.15) is 0 Å². The van der Waals surface area contributed by atoms with E-state index in [0.717, 1.165) is 6.33 Å². The summed E-state index contributed by atoms with van der Waals surface area (Å²) in [5.74, 6) is -0.658. The average Bonchev–Trinajstić information content (AvgIpc) is 3.04. The molecule has 0 radical (unpaired) electrons. The van der Waals surface area contributed by atoms with E-state index in [0.29, 0.717) is 4.47 Å². The number of nitro groups is 1. The van der Waals surface area contributed by atoms with Gasteiger partial charge in [0.2, 0.25) is 11.6 Å². The van der Waals surface area contributed by atoms with Gasteiger partial charge in [-0.2, -0.15) is 0 Å². The number of halogens is 2. The van der Waals surface area contributed by atoms with Crippen LogP contribution in [0.5, 0.6) is 0 Å². The first-order chi connectivity index (χ1) is 11.1. The second-order valence-electron chi connectivity index (χ2n) is 4.37. The lowest BCUT2D eigenvalue weighted by Crippen LogP contribution is -2.07. The van der Waals surface area contributed by atoms with E-state index in [4.69, 9.17) is 0 Å². The van der Waals surface area contributed by atoms with Crippen molar-refractivity contribution in [3.05, 3.63) is 63.7 Å². The Labute approximate surface area is 137 Å². The third-order valence-electron chi connectivity index (χ3n) is 2.92. The number of hydrogen-bond donors (Lipinski definition) is 1. The quantitative estimate of drug-likeness (QED) is 0.552. The van der Waals surface area contributed by atoms with Gasteiger partial charge in [0.25, 0.3) is 0 Å². The number of anilines is 2. The topological polar surface area (TPSA) is 98.8 Å². The van der Waals surface area contributed by atoms with Crippen molar-refractivity contribution in [3.8, 4) is 5.82 Å². The normalized spacial score (nSPS) is 10.5. The summed E-state index contributed by atoms with van der Waals surface area (Å²) in [4.78, 5) is 22.4. The van der Waals surface area contributed by atoms with Gasteiger partial charge in [0.15, 0.2) is 0 Å².